The SMILES string of the molecule is Cc1ccc(CNC(=O)CC(C)C2CCCNC2)s1. The second-order valence-electron chi connectivity index (χ2n) is 5.58. The topological polar surface area (TPSA) is 41.1 Å². The number of hydrogen-bond donors (Lipinski definition) is 2. The van der Waals surface area contributed by atoms with Crippen molar-refractivity contribution in [1.82, 2.24) is 10.6 Å². The summed E-state index contributed by atoms with van der Waals surface area (Å²) in [5, 5.41) is 6.45. The number of nitrogens with one attached hydrogen (secondary N) is 2. The Morgan fingerprint density at radius 3 is 3.05 bits per heavy atom. The van der Waals surface area contributed by atoms with Crippen LogP contribution in [0, 0.1) is 18.8 Å². The van der Waals surface area contributed by atoms with Crippen LogP contribution in [0.3, 0.4) is 0 Å². The molecule has 4 heteroatoms. The predicted molar refractivity (Wildman–Crippen MR) is 80.3 cm³/mol. The number of rotatable bonds is 5. The normalized spacial score (nSPS) is 21.1. The lowest BCUT2D eigenvalue weighted by molar-refractivity contribution is -0.122. The van der Waals surface area contributed by atoms with Crippen molar-refractivity contribution in [3.63, 3.8) is 0 Å². The largest absolute Gasteiger partial charge is 0.351 e. The summed E-state index contributed by atoms with van der Waals surface area (Å²) in [5.41, 5.74) is 0. The molecule has 2 N–H and O–H groups in total. The molecule has 0 spiro atoms. The number of aryl methyl sites for hydroxylation is 1. The molecule has 19 heavy (non-hydrogen) atoms. The van der Waals surface area contributed by atoms with Crippen LogP contribution in [0.2, 0.25) is 0 Å². The Morgan fingerprint density at radius 2 is 2.42 bits per heavy atom. The lowest BCUT2D eigenvalue weighted by Crippen LogP contribution is -2.35. The van der Waals surface area contributed by atoms with Crippen LogP contribution in [0.15, 0.2) is 12.1 Å². The molecule has 0 aliphatic carbocycles. The van der Waals surface area contributed by atoms with E-state index in [9.17, 15) is 4.79 Å². The van der Waals surface area contributed by atoms with Crippen LogP contribution < -0.4 is 10.6 Å². The number of thiophene rings is 1. The third-order valence-electron chi connectivity index (χ3n) is 3.90. The van der Waals surface area contributed by atoms with Crippen LogP contribution in [0.5, 0.6) is 0 Å². The van der Waals surface area contributed by atoms with E-state index in [0.717, 1.165) is 13.1 Å². The second kappa shape index (κ2) is 7.06. The summed E-state index contributed by atoms with van der Waals surface area (Å²) in [4.78, 5) is 14.5. The van der Waals surface area contributed by atoms with Gasteiger partial charge in [-0.1, -0.05) is 6.92 Å². The van der Waals surface area contributed by atoms with E-state index in [4.69, 9.17) is 0 Å². The van der Waals surface area contributed by atoms with Gasteiger partial charge in [-0.15, -0.1) is 11.3 Å². The van der Waals surface area contributed by atoms with Crippen LogP contribution in [0.1, 0.15) is 35.9 Å². The summed E-state index contributed by atoms with van der Waals surface area (Å²) in [7, 11) is 0. The van der Waals surface area contributed by atoms with Crippen molar-refractivity contribution in [3.8, 4) is 0 Å². The Hall–Kier alpha value is -0.870. The van der Waals surface area contributed by atoms with Gasteiger partial charge in [0.05, 0.1) is 6.54 Å². The van der Waals surface area contributed by atoms with Gasteiger partial charge in [-0.05, 0) is 56.8 Å². The summed E-state index contributed by atoms with van der Waals surface area (Å²) < 4.78 is 0. The van der Waals surface area contributed by atoms with Crippen molar-refractivity contribution in [2.75, 3.05) is 13.1 Å². The summed E-state index contributed by atoms with van der Waals surface area (Å²) >= 11 is 1.75. The molecule has 2 rings (SSSR count). The maximum atomic E-state index is 11.9. The fourth-order valence-corrected chi connectivity index (χ4v) is 3.49. The molecule has 1 aromatic rings. The van der Waals surface area contributed by atoms with Crippen molar-refractivity contribution in [2.45, 2.75) is 39.7 Å². The first-order valence-corrected chi connectivity index (χ1v) is 7.99. The Labute approximate surface area is 119 Å². The van der Waals surface area contributed by atoms with Gasteiger partial charge in [-0.3, -0.25) is 4.79 Å². The van der Waals surface area contributed by atoms with Crippen molar-refractivity contribution in [2.24, 2.45) is 11.8 Å². The maximum absolute atomic E-state index is 11.9. The van der Waals surface area contributed by atoms with Gasteiger partial charge in [0, 0.05) is 16.2 Å². The van der Waals surface area contributed by atoms with Gasteiger partial charge in [0.2, 0.25) is 5.91 Å². The molecule has 0 bridgehead atoms. The van der Waals surface area contributed by atoms with Crippen molar-refractivity contribution < 1.29 is 4.79 Å². The van der Waals surface area contributed by atoms with Crippen LogP contribution in [0.25, 0.3) is 0 Å². The second-order valence-corrected chi connectivity index (χ2v) is 6.95. The smallest absolute Gasteiger partial charge is 0.220 e. The quantitative estimate of drug-likeness (QED) is 0.870. The number of amides is 1. The molecule has 1 aliphatic rings. The van der Waals surface area contributed by atoms with E-state index in [1.165, 1.54) is 22.6 Å². The maximum Gasteiger partial charge on any atom is 0.220 e. The van der Waals surface area contributed by atoms with Gasteiger partial charge in [-0.25, -0.2) is 0 Å². The third-order valence-corrected chi connectivity index (χ3v) is 4.90. The molecule has 106 valence electrons. The average molecular weight is 280 g/mol. The first kappa shape index (κ1) is 14.5. The van der Waals surface area contributed by atoms with Gasteiger partial charge in [0.1, 0.15) is 0 Å². The van der Waals surface area contributed by atoms with Gasteiger partial charge in [0.15, 0.2) is 0 Å². The summed E-state index contributed by atoms with van der Waals surface area (Å²) in [5.74, 6) is 1.31. The highest BCUT2D eigenvalue weighted by Crippen LogP contribution is 2.22. The highest BCUT2D eigenvalue weighted by molar-refractivity contribution is 7.11. The van der Waals surface area contributed by atoms with Gasteiger partial charge in [-0.2, -0.15) is 0 Å². The molecular weight excluding hydrogens is 256 g/mol. The minimum Gasteiger partial charge on any atom is -0.351 e. The Balaban J connectivity index is 1.71. The molecule has 2 unspecified atom stereocenters. The van der Waals surface area contributed by atoms with E-state index >= 15 is 0 Å². The number of piperidine rings is 1. The monoisotopic (exact) mass is 280 g/mol. The first-order chi connectivity index (χ1) is 9.15. The molecular formula is C15H24N2OS. The lowest BCUT2D eigenvalue weighted by Gasteiger charge is -2.27. The molecule has 1 aliphatic heterocycles. The Bertz CT molecular complexity index is 410. The fourth-order valence-electron chi connectivity index (χ4n) is 2.66. The van der Waals surface area contributed by atoms with E-state index in [2.05, 4.69) is 36.6 Å². The van der Waals surface area contributed by atoms with Gasteiger partial charge in [0.25, 0.3) is 0 Å². The van der Waals surface area contributed by atoms with Crippen molar-refractivity contribution >= 4 is 17.2 Å². The van der Waals surface area contributed by atoms with E-state index in [1.807, 2.05) is 0 Å². The summed E-state index contributed by atoms with van der Waals surface area (Å²) in [6.45, 7) is 7.17. The Kier molecular flexibility index (Phi) is 5.40. The molecule has 0 aromatic carbocycles. The molecule has 2 atom stereocenters. The zero-order valence-corrected chi connectivity index (χ0v) is 12.7. The van der Waals surface area contributed by atoms with Gasteiger partial charge >= 0.3 is 0 Å². The van der Waals surface area contributed by atoms with E-state index in [-0.39, 0.29) is 5.91 Å². The third kappa shape index (κ3) is 4.62. The number of carbonyl (C=O) groups is 1. The number of hydrogen-bond acceptors (Lipinski definition) is 3. The minimum atomic E-state index is 0.184. The zero-order valence-electron chi connectivity index (χ0n) is 11.9. The van der Waals surface area contributed by atoms with E-state index < -0.39 is 0 Å². The molecule has 1 amide bonds. The highest BCUT2D eigenvalue weighted by atomic mass is 32.1. The average Bonchev–Trinajstić information content (AvgIpc) is 2.83. The molecule has 2 heterocycles. The van der Waals surface area contributed by atoms with Crippen molar-refractivity contribution in [1.29, 1.82) is 0 Å². The van der Waals surface area contributed by atoms with Crippen LogP contribution in [-0.2, 0) is 11.3 Å². The molecule has 0 saturated carbocycles. The van der Waals surface area contributed by atoms with Crippen LogP contribution in [0.4, 0.5) is 0 Å². The highest BCUT2D eigenvalue weighted by Gasteiger charge is 2.21. The standard InChI is InChI=1S/C15H24N2OS/c1-11(13-4-3-7-16-9-13)8-15(18)17-10-14-6-5-12(2)19-14/h5-6,11,13,16H,3-4,7-10H2,1-2H3,(H,17,18). The molecule has 1 aromatic heterocycles. The predicted octanol–water partition coefficient (Wildman–Crippen LogP) is 2.70. The van der Waals surface area contributed by atoms with E-state index in [0.29, 0.717) is 24.8 Å². The molecule has 1 saturated heterocycles. The lowest BCUT2D eigenvalue weighted by atomic mass is 9.85. The summed E-state index contributed by atoms with van der Waals surface area (Å²) in [6, 6.07) is 4.19. The summed E-state index contributed by atoms with van der Waals surface area (Å²) in [6.07, 6.45) is 3.15. The molecule has 1 fully saturated rings. The molecule has 3 nitrogen and oxygen atoms in total. The van der Waals surface area contributed by atoms with Crippen molar-refractivity contribution in [3.05, 3.63) is 21.9 Å². The molecule has 0 radical (unpaired) electrons. The minimum absolute atomic E-state index is 0.184. The first-order valence-electron chi connectivity index (χ1n) is 7.18. The van der Waals surface area contributed by atoms with E-state index in [1.54, 1.807) is 11.3 Å². The van der Waals surface area contributed by atoms with Crippen LogP contribution >= 0.6 is 11.3 Å². The van der Waals surface area contributed by atoms with Crippen LogP contribution in [-0.4, -0.2) is 19.0 Å². The number of carbonyl (C=O) groups excluding carboxylic acids is 1. The van der Waals surface area contributed by atoms with Gasteiger partial charge < -0.3 is 10.6 Å². The Morgan fingerprint density at radius 1 is 1.58 bits per heavy atom. The fraction of sp³-hybridized carbons (Fsp3) is 0.667. The zero-order chi connectivity index (χ0) is 13.7.